The first-order chi connectivity index (χ1) is 14.3. The second-order valence-electron chi connectivity index (χ2n) is 7.22. The summed E-state index contributed by atoms with van der Waals surface area (Å²) >= 11 is 2.19. The van der Waals surface area contributed by atoms with E-state index in [4.69, 9.17) is 10.5 Å². The van der Waals surface area contributed by atoms with Gasteiger partial charge in [-0.3, -0.25) is 9.59 Å². The van der Waals surface area contributed by atoms with Gasteiger partial charge in [0.2, 0.25) is 11.8 Å². The summed E-state index contributed by atoms with van der Waals surface area (Å²) in [5, 5.41) is 5.23. The molecule has 2 rings (SSSR count). The minimum absolute atomic E-state index is 0.0931. The lowest BCUT2D eigenvalue weighted by Crippen LogP contribution is -2.55. The van der Waals surface area contributed by atoms with Crippen LogP contribution in [0, 0.1) is 9.49 Å². The summed E-state index contributed by atoms with van der Waals surface area (Å²) in [6.45, 7) is 3.68. The molecule has 0 heterocycles. The molecule has 0 radical (unpaired) electrons. The van der Waals surface area contributed by atoms with Crippen molar-refractivity contribution in [1.29, 1.82) is 0 Å². The first-order valence-electron chi connectivity index (χ1n) is 9.57. The molecule has 3 amide bonds. The number of amides is 3. The van der Waals surface area contributed by atoms with E-state index in [0.717, 1.165) is 14.7 Å². The zero-order chi connectivity index (χ0) is 22.1. The van der Waals surface area contributed by atoms with Crippen LogP contribution in [0.15, 0.2) is 54.6 Å². The largest absolute Gasteiger partial charge is 0.445 e. The van der Waals surface area contributed by atoms with E-state index in [-0.39, 0.29) is 18.9 Å². The lowest BCUT2D eigenvalue weighted by atomic mass is 10.0. The minimum atomic E-state index is -0.888. The zero-order valence-electron chi connectivity index (χ0n) is 16.9. The van der Waals surface area contributed by atoms with E-state index in [1.165, 1.54) is 0 Å². The molecule has 0 aliphatic heterocycles. The van der Waals surface area contributed by atoms with Crippen molar-refractivity contribution in [1.82, 2.24) is 10.6 Å². The van der Waals surface area contributed by atoms with E-state index in [9.17, 15) is 14.4 Å². The Balaban J connectivity index is 1.97. The Morgan fingerprint density at radius 1 is 0.967 bits per heavy atom. The molecule has 2 aromatic carbocycles. The number of nitrogens with two attached hydrogens (primary N) is 1. The van der Waals surface area contributed by atoms with Crippen LogP contribution in [0.25, 0.3) is 0 Å². The standard InChI is InChI=1S/C22H26IN3O4/c1-14(2)19(26-22(29)30-13-16-6-4-3-5-7-16)21(28)25-18(20(24)27)12-15-8-10-17(23)11-9-15/h3-11,14,18-19H,12-13H2,1-2H3,(H2,24,27)(H,25,28)(H,26,29)/t18-,19+/m1/s1. The van der Waals surface area contributed by atoms with E-state index in [2.05, 4.69) is 33.2 Å². The van der Waals surface area contributed by atoms with Crippen LogP contribution in [-0.4, -0.2) is 30.0 Å². The van der Waals surface area contributed by atoms with Gasteiger partial charge < -0.3 is 21.1 Å². The molecule has 0 aliphatic carbocycles. The van der Waals surface area contributed by atoms with Crippen LogP contribution in [-0.2, 0) is 27.4 Å². The van der Waals surface area contributed by atoms with Gasteiger partial charge in [-0.05, 0) is 51.8 Å². The zero-order valence-corrected chi connectivity index (χ0v) is 19.1. The molecular weight excluding hydrogens is 497 g/mol. The van der Waals surface area contributed by atoms with E-state index < -0.39 is 30.0 Å². The van der Waals surface area contributed by atoms with Crippen molar-refractivity contribution in [3.63, 3.8) is 0 Å². The van der Waals surface area contributed by atoms with Crippen molar-refractivity contribution in [2.45, 2.75) is 39.0 Å². The molecule has 160 valence electrons. The van der Waals surface area contributed by atoms with Gasteiger partial charge >= 0.3 is 6.09 Å². The van der Waals surface area contributed by atoms with Gasteiger partial charge in [0.25, 0.3) is 0 Å². The maximum absolute atomic E-state index is 12.8. The summed E-state index contributed by atoms with van der Waals surface area (Å²) < 4.78 is 6.26. The number of hydrogen-bond acceptors (Lipinski definition) is 4. The van der Waals surface area contributed by atoms with Crippen molar-refractivity contribution in [2.75, 3.05) is 0 Å². The molecule has 4 N–H and O–H groups in total. The Morgan fingerprint density at radius 3 is 2.17 bits per heavy atom. The summed E-state index contributed by atoms with van der Waals surface area (Å²) in [6.07, 6.45) is -0.442. The fourth-order valence-corrected chi connectivity index (χ4v) is 3.13. The summed E-state index contributed by atoms with van der Waals surface area (Å²) in [4.78, 5) is 36.8. The molecule has 0 bridgehead atoms. The SMILES string of the molecule is CC(C)[C@H](NC(=O)OCc1ccccc1)C(=O)N[C@H](Cc1ccc(I)cc1)C(N)=O. The van der Waals surface area contributed by atoms with Crippen LogP contribution >= 0.6 is 22.6 Å². The average molecular weight is 523 g/mol. The Hall–Kier alpha value is -2.62. The van der Waals surface area contributed by atoms with Crippen molar-refractivity contribution in [2.24, 2.45) is 11.7 Å². The molecule has 0 aliphatic rings. The maximum atomic E-state index is 12.8. The molecule has 2 aromatic rings. The molecule has 2 atom stereocenters. The van der Waals surface area contributed by atoms with Crippen LogP contribution in [0.4, 0.5) is 4.79 Å². The maximum Gasteiger partial charge on any atom is 0.408 e. The first-order valence-corrected chi connectivity index (χ1v) is 10.7. The van der Waals surface area contributed by atoms with Crippen LogP contribution in [0.1, 0.15) is 25.0 Å². The molecule has 0 aromatic heterocycles. The molecule has 0 saturated heterocycles. The van der Waals surface area contributed by atoms with E-state index >= 15 is 0 Å². The highest BCUT2D eigenvalue weighted by atomic mass is 127. The van der Waals surface area contributed by atoms with Gasteiger partial charge in [0, 0.05) is 9.99 Å². The fraction of sp³-hybridized carbons (Fsp3) is 0.318. The molecule has 0 saturated carbocycles. The van der Waals surface area contributed by atoms with Crippen LogP contribution in [0.3, 0.4) is 0 Å². The van der Waals surface area contributed by atoms with Crippen LogP contribution in [0.2, 0.25) is 0 Å². The van der Waals surface area contributed by atoms with Crippen molar-refractivity contribution < 1.29 is 19.1 Å². The third kappa shape index (κ3) is 7.66. The first kappa shape index (κ1) is 23.7. The molecular formula is C22H26IN3O4. The minimum Gasteiger partial charge on any atom is -0.445 e. The third-order valence-electron chi connectivity index (χ3n) is 4.45. The highest BCUT2D eigenvalue weighted by Crippen LogP contribution is 2.10. The highest BCUT2D eigenvalue weighted by molar-refractivity contribution is 14.1. The number of hydrogen-bond donors (Lipinski definition) is 3. The number of benzene rings is 2. The Bertz CT molecular complexity index is 856. The van der Waals surface area contributed by atoms with Gasteiger partial charge in [0.15, 0.2) is 0 Å². The summed E-state index contributed by atoms with van der Waals surface area (Å²) in [6, 6.07) is 15.1. The van der Waals surface area contributed by atoms with Crippen molar-refractivity contribution in [3.8, 4) is 0 Å². The second kappa shape index (κ2) is 11.5. The predicted molar refractivity (Wildman–Crippen MR) is 122 cm³/mol. The number of ether oxygens (including phenoxy) is 1. The van der Waals surface area contributed by atoms with E-state index in [0.29, 0.717) is 0 Å². The number of carbonyl (C=O) groups excluding carboxylic acids is 3. The number of carbonyl (C=O) groups is 3. The number of halogens is 1. The summed E-state index contributed by atoms with van der Waals surface area (Å²) in [7, 11) is 0. The third-order valence-corrected chi connectivity index (χ3v) is 5.17. The topological polar surface area (TPSA) is 111 Å². The average Bonchev–Trinajstić information content (AvgIpc) is 2.71. The van der Waals surface area contributed by atoms with Gasteiger partial charge in [-0.2, -0.15) is 0 Å². The molecule has 8 heteroatoms. The van der Waals surface area contributed by atoms with Gasteiger partial charge in [-0.15, -0.1) is 0 Å². The number of nitrogens with one attached hydrogen (secondary N) is 2. The predicted octanol–water partition coefficient (Wildman–Crippen LogP) is 2.75. The molecule has 7 nitrogen and oxygen atoms in total. The number of primary amides is 1. The second-order valence-corrected chi connectivity index (χ2v) is 8.47. The van der Waals surface area contributed by atoms with Gasteiger partial charge in [0.1, 0.15) is 18.7 Å². The Kier molecular flexibility index (Phi) is 9.10. The van der Waals surface area contributed by atoms with Gasteiger partial charge in [-0.25, -0.2) is 4.79 Å². The normalized spacial score (nSPS) is 12.7. The fourth-order valence-electron chi connectivity index (χ4n) is 2.77. The smallest absolute Gasteiger partial charge is 0.408 e. The number of alkyl carbamates (subject to hydrolysis) is 1. The number of rotatable bonds is 9. The monoisotopic (exact) mass is 523 g/mol. The Labute approximate surface area is 189 Å². The summed E-state index contributed by atoms with van der Waals surface area (Å²) in [5.41, 5.74) is 7.19. The van der Waals surface area contributed by atoms with Gasteiger partial charge in [-0.1, -0.05) is 56.3 Å². The molecule has 30 heavy (non-hydrogen) atoms. The van der Waals surface area contributed by atoms with Crippen molar-refractivity contribution in [3.05, 3.63) is 69.3 Å². The van der Waals surface area contributed by atoms with E-state index in [1.807, 2.05) is 54.6 Å². The highest BCUT2D eigenvalue weighted by Gasteiger charge is 2.28. The quantitative estimate of drug-likeness (QED) is 0.439. The lowest BCUT2D eigenvalue weighted by molar-refractivity contribution is -0.129. The van der Waals surface area contributed by atoms with Crippen LogP contribution < -0.4 is 16.4 Å². The summed E-state index contributed by atoms with van der Waals surface area (Å²) in [5.74, 6) is -1.35. The van der Waals surface area contributed by atoms with Crippen LogP contribution in [0.5, 0.6) is 0 Å². The van der Waals surface area contributed by atoms with Crippen molar-refractivity contribution >= 4 is 40.5 Å². The molecule has 0 spiro atoms. The lowest BCUT2D eigenvalue weighted by Gasteiger charge is -2.24. The Morgan fingerprint density at radius 2 is 1.60 bits per heavy atom. The molecule has 0 unspecified atom stereocenters. The van der Waals surface area contributed by atoms with Gasteiger partial charge in [0.05, 0.1) is 0 Å². The van der Waals surface area contributed by atoms with E-state index in [1.54, 1.807) is 13.8 Å². The molecule has 0 fully saturated rings.